The third kappa shape index (κ3) is 1.84. The maximum atomic E-state index is 12.8. The Balaban J connectivity index is 3.41. The first-order chi connectivity index (χ1) is 6.06. The second-order valence-corrected chi connectivity index (χ2v) is 2.69. The smallest absolute Gasteiger partial charge is 0.258 e. The molecule has 0 unspecified atom stereocenters. The molecule has 0 aliphatic carbocycles. The molecule has 1 aromatic carbocycles. The van der Waals surface area contributed by atoms with E-state index in [0.717, 1.165) is 12.1 Å². The molecule has 5 heteroatoms. The maximum Gasteiger partial charge on any atom is 0.278 e. The van der Waals surface area contributed by atoms with Gasteiger partial charge in [0.15, 0.2) is 0 Å². The SMILES string of the molecule is C=Cc1cc(F)c(Cl)cc1[N+](=O)[O-]. The van der Waals surface area contributed by atoms with Gasteiger partial charge < -0.3 is 0 Å². The van der Waals surface area contributed by atoms with Crippen LogP contribution in [0.5, 0.6) is 0 Å². The molecule has 0 aliphatic rings. The Bertz CT molecular complexity index is 379. The Morgan fingerprint density at radius 2 is 2.23 bits per heavy atom. The summed E-state index contributed by atoms with van der Waals surface area (Å²) >= 11 is 5.37. The van der Waals surface area contributed by atoms with E-state index in [-0.39, 0.29) is 16.3 Å². The van der Waals surface area contributed by atoms with Crippen LogP contribution in [0.15, 0.2) is 18.7 Å². The molecule has 0 aromatic heterocycles. The second kappa shape index (κ2) is 3.53. The molecule has 1 rings (SSSR count). The summed E-state index contributed by atoms with van der Waals surface area (Å²) in [5.74, 6) is -0.692. The van der Waals surface area contributed by atoms with Crippen LogP contribution in [0.3, 0.4) is 0 Å². The Morgan fingerprint density at radius 3 is 2.69 bits per heavy atom. The molecular weight excluding hydrogens is 197 g/mol. The molecule has 0 spiro atoms. The van der Waals surface area contributed by atoms with Crippen molar-refractivity contribution in [2.45, 2.75) is 0 Å². The average molecular weight is 202 g/mol. The van der Waals surface area contributed by atoms with Gasteiger partial charge in [-0.25, -0.2) is 4.39 Å². The molecule has 0 bridgehead atoms. The van der Waals surface area contributed by atoms with Crippen LogP contribution in [-0.4, -0.2) is 4.92 Å². The van der Waals surface area contributed by atoms with Crippen LogP contribution in [0, 0.1) is 15.9 Å². The zero-order valence-corrected chi connectivity index (χ0v) is 7.21. The first-order valence-electron chi connectivity index (χ1n) is 3.32. The van der Waals surface area contributed by atoms with E-state index in [0.29, 0.717) is 0 Å². The third-order valence-corrected chi connectivity index (χ3v) is 1.78. The molecule has 0 atom stereocenters. The van der Waals surface area contributed by atoms with Gasteiger partial charge in [-0.15, -0.1) is 0 Å². The van der Waals surface area contributed by atoms with E-state index in [1.54, 1.807) is 0 Å². The number of halogens is 2. The predicted molar refractivity (Wildman–Crippen MR) is 48.2 cm³/mol. The van der Waals surface area contributed by atoms with E-state index in [2.05, 4.69) is 6.58 Å². The Labute approximate surface area is 78.6 Å². The minimum absolute atomic E-state index is 0.118. The highest BCUT2D eigenvalue weighted by molar-refractivity contribution is 6.31. The number of hydrogen-bond donors (Lipinski definition) is 0. The van der Waals surface area contributed by atoms with Crippen LogP contribution in [-0.2, 0) is 0 Å². The summed E-state index contributed by atoms with van der Waals surface area (Å²) in [6.07, 6.45) is 1.21. The lowest BCUT2D eigenvalue weighted by Gasteiger charge is -1.98. The molecule has 13 heavy (non-hydrogen) atoms. The number of nitrogens with zero attached hydrogens (tertiary/aromatic N) is 1. The molecule has 3 nitrogen and oxygen atoms in total. The van der Waals surface area contributed by atoms with Gasteiger partial charge >= 0.3 is 0 Å². The van der Waals surface area contributed by atoms with Gasteiger partial charge in [-0.1, -0.05) is 24.3 Å². The highest BCUT2D eigenvalue weighted by atomic mass is 35.5. The van der Waals surface area contributed by atoms with Crippen LogP contribution < -0.4 is 0 Å². The van der Waals surface area contributed by atoms with Crippen molar-refractivity contribution in [1.29, 1.82) is 0 Å². The van der Waals surface area contributed by atoms with Crippen LogP contribution in [0.2, 0.25) is 5.02 Å². The summed E-state index contributed by atoms with van der Waals surface area (Å²) < 4.78 is 12.8. The van der Waals surface area contributed by atoms with Crippen LogP contribution in [0.4, 0.5) is 10.1 Å². The molecule has 1 aromatic rings. The molecule has 0 fully saturated rings. The van der Waals surface area contributed by atoms with Gasteiger partial charge in [-0.2, -0.15) is 0 Å². The standard InChI is InChI=1S/C8H5ClFNO2/c1-2-5-3-7(10)6(9)4-8(5)11(12)13/h2-4H,1H2. The summed E-state index contributed by atoms with van der Waals surface area (Å²) in [7, 11) is 0. The number of benzene rings is 1. The molecule has 0 aliphatic heterocycles. The van der Waals surface area contributed by atoms with E-state index < -0.39 is 10.7 Å². The quantitative estimate of drug-likeness (QED) is 0.545. The summed E-state index contributed by atoms with van der Waals surface area (Å²) in [5, 5.41) is 10.2. The fourth-order valence-corrected chi connectivity index (χ4v) is 1.03. The second-order valence-electron chi connectivity index (χ2n) is 2.29. The molecule has 0 amide bonds. The first-order valence-corrected chi connectivity index (χ1v) is 3.70. The maximum absolute atomic E-state index is 12.8. The summed E-state index contributed by atoms with van der Waals surface area (Å²) in [6, 6.07) is 1.95. The van der Waals surface area contributed by atoms with Crippen LogP contribution in [0.25, 0.3) is 6.08 Å². The van der Waals surface area contributed by atoms with Crippen molar-refractivity contribution in [1.82, 2.24) is 0 Å². The van der Waals surface area contributed by atoms with Gasteiger partial charge in [0.25, 0.3) is 5.69 Å². The predicted octanol–water partition coefficient (Wildman–Crippen LogP) is 3.03. The minimum Gasteiger partial charge on any atom is -0.258 e. The molecule has 0 saturated heterocycles. The monoisotopic (exact) mass is 201 g/mol. The zero-order chi connectivity index (χ0) is 10.0. The normalized spacial score (nSPS) is 9.69. The lowest BCUT2D eigenvalue weighted by atomic mass is 10.2. The molecule has 0 radical (unpaired) electrons. The van der Waals surface area contributed by atoms with Gasteiger partial charge in [-0.3, -0.25) is 10.1 Å². The van der Waals surface area contributed by atoms with E-state index in [1.807, 2.05) is 0 Å². The van der Waals surface area contributed by atoms with Crippen LogP contribution in [0.1, 0.15) is 5.56 Å². The number of hydrogen-bond acceptors (Lipinski definition) is 2. The van der Waals surface area contributed by atoms with Gasteiger partial charge in [0.2, 0.25) is 0 Å². The topological polar surface area (TPSA) is 43.1 Å². The third-order valence-electron chi connectivity index (χ3n) is 1.49. The van der Waals surface area contributed by atoms with Gasteiger partial charge in [-0.05, 0) is 6.07 Å². The van der Waals surface area contributed by atoms with Crippen molar-refractivity contribution in [3.63, 3.8) is 0 Å². The van der Waals surface area contributed by atoms with Crippen molar-refractivity contribution in [2.24, 2.45) is 0 Å². The van der Waals surface area contributed by atoms with Gasteiger partial charge in [0.1, 0.15) is 5.82 Å². The number of rotatable bonds is 2. The highest BCUT2D eigenvalue weighted by Gasteiger charge is 2.14. The Hall–Kier alpha value is -1.42. The largest absolute Gasteiger partial charge is 0.278 e. The summed E-state index contributed by atoms with van der Waals surface area (Å²) in [5.41, 5.74) is -0.131. The Morgan fingerprint density at radius 1 is 1.62 bits per heavy atom. The fraction of sp³-hybridized carbons (Fsp3) is 0. The van der Waals surface area contributed by atoms with Crippen LogP contribution >= 0.6 is 11.6 Å². The number of nitro groups is 1. The van der Waals surface area contributed by atoms with Crippen molar-refractivity contribution >= 4 is 23.4 Å². The molecule has 0 N–H and O–H groups in total. The summed E-state index contributed by atoms with van der Waals surface area (Å²) in [4.78, 5) is 9.78. The van der Waals surface area contributed by atoms with E-state index in [1.165, 1.54) is 6.08 Å². The lowest BCUT2D eigenvalue weighted by Crippen LogP contribution is -1.92. The van der Waals surface area contributed by atoms with E-state index >= 15 is 0 Å². The molecule has 68 valence electrons. The minimum atomic E-state index is -0.692. The lowest BCUT2D eigenvalue weighted by molar-refractivity contribution is -0.385. The van der Waals surface area contributed by atoms with Crippen molar-refractivity contribution in [2.75, 3.05) is 0 Å². The molecule has 0 saturated carbocycles. The van der Waals surface area contributed by atoms with Crippen molar-refractivity contribution in [3.8, 4) is 0 Å². The fourth-order valence-electron chi connectivity index (χ4n) is 0.873. The molecular formula is C8H5ClFNO2. The zero-order valence-electron chi connectivity index (χ0n) is 6.46. The Kier molecular flexibility index (Phi) is 2.63. The van der Waals surface area contributed by atoms with Gasteiger partial charge in [0.05, 0.1) is 15.5 Å². The van der Waals surface area contributed by atoms with Crippen molar-refractivity contribution in [3.05, 3.63) is 45.2 Å². The van der Waals surface area contributed by atoms with E-state index in [9.17, 15) is 14.5 Å². The highest BCUT2D eigenvalue weighted by Crippen LogP contribution is 2.26. The van der Waals surface area contributed by atoms with Gasteiger partial charge in [0, 0.05) is 6.07 Å². The first kappa shape index (κ1) is 9.67. The van der Waals surface area contributed by atoms with Crippen molar-refractivity contribution < 1.29 is 9.31 Å². The molecule has 0 heterocycles. The summed E-state index contributed by atoms with van der Waals surface area (Å²) in [6.45, 7) is 3.33. The number of nitro benzene ring substituents is 1. The van der Waals surface area contributed by atoms with E-state index in [4.69, 9.17) is 11.6 Å². The average Bonchev–Trinajstić information content (AvgIpc) is 2.08.